The van der Waals surface area contributed by atoms with E-state index in [1.807, 2.05) is 19.1 Å². The highest BCUT2D eigenvalue weighted by Gasteiger charge is 2.10. The molecule has 5 heteroatoms. The van der Waals surface area contributed by atoms with Gasteiger partial charge in [0.2, 0.25) is 5.91 Å². The average Bonchev–Trinajstić information content (AvgIpc) is 2.87. The van der Waals surface area contributed by atoms with E-state index in [4.69, 9.17) is 9.15 Å². The molecule has 0 fully saturated rings. The lowest BCUT2D eigenvalue weighted by Gasteiger charge is -2.12. The summed E-state index contributed by atoms with van der Waals surface area (Å²) in [5, 5.41) is 2.85. The zero-order chi connectivity index (χ0) is 14.1. The molecule has 1 heterocycles. The van der Waals surface area contributed by atoms with E-state index in [9.17, 15) is 9.59 Å². The summed E-state index contributed by atoms with van der Waals surface area (Å²) in [4.78, 5) is 22.7. The summed E-state index contributed by atoms with van der Waals surface area (Å²) in [7, 11) is 0. The lowest BCUT2D eigenvalue weighted by molar-refractivity contribution is -0.144. The van der Waals surface area contributed by atoms with Crippen LogP contribution in [0.4, 0.5) is 0 Å². The molecule has 0 aliphatic carbocycles. The van der Waals surface area contributed by atoms with Crippen molar-refractivity contribution >= 4 is 11.9 Å². The molecule has 19 heavy (non-hydrogen) atoms. The van der Waals surface area contributed by atoms with Gasteiger partial charge < -0.3 is 14.5 Å². The van der Waals surface area contributed by atoms with E-state index in [0.717, 1.165) is 18.6 Å². The minimum atomic E-state index is -0.333. The predicted octanol–water partition coefficient (Wildman–Crippen LogP) is 2.06. The first kappa shape index (κ1) is 15.3. The SMILES string of the molecule is CCOC(=O)CCC(=O)NC(C)CCc1ccco1. The third-order valence-corrected chi connectivity index (χ3v) is 2.67. The number of rotatable bonds is 8. The summed E-state index contributed by atoms with van der Waals surface area (Å²) in [5.74, 6) is 0.452. The number of hydrogen-bond acceptors (Lipinski definition) is 4. The third kappa shape index (κ3) is 6.64. The molecule has 5 nitrogen and oxygen atoms in total. The highest BCUT2D eigenvalue weighted by Crippen LogP contribution is 2.06. The van der Waals surface area contributed by atoms with Gasteiger partial charge in [0, 0.05) is 18.9 Å². The molecule has 0 spiro atoms. The Labute approximate surface area is 113 Å². The fourth-order valence-electron chi connectivity index (χ4n) is 1.68. The van der Waals surface area contributed by atoms with Gasteiger partial charge in [-0.05, 0) is 32.4 Å². The first-order valence-corrected chi connectivity index (χ1v) is 6.59. The number of aryl methyl sites for hydroxylation is 1. The molecule has 1 aromatic rings. The van der Waals surface area contributed by atoms with Crippen LogP contribution >= 0.6 is 0 Å². The molecule has 0 saturated carbocycles. The van der Waals surface area contributed by atoms with E-state index in [0.29, 0.717) is 6.61 Å². The Morgan fingerprint density at radius 1 is 1.42 bits per heavy atom. The van der Waals surface area contributed by atoms with E-state index < -0.39 is 0 Å². The van der Waals surface area contributed by atoms with Crippen LogP contribution < -0.4 is 5.32 Å². The fourth-order valence-corrected chi connectivity index (χ4v) is 1.68. The second-order valence-electron chi connectivity index (χ2n) is 4.39. The first-order chi connectivity index (χ1) is 9.11. The summed E-state index contributed by atoms with van der Waals surface area (Å²) >= 11 is 0. The van der Waals surface area contributed by atoms with Crippen LogP contribution in [0.1, 0.15) is 38.9 Å². The number of hydrogen-bond donors (Lipinski definition) is 1. The average molecular weight is 267 g/mol. The van der Waals surface area contributed by atoms with Gasteiger partial charge in [0.05, 0.1) is 19.3 Å². The molecule has 0 aliphatic heterocycles. The minimum absolute atomic E-state index is 0.0554. The molecule has 0 aliphatic rings. The molecule has 0 saturated heterocycles. The number of carbonyl (C=O) groups is 2. The molecule has 0 bridgehead atoms. The largest absolute Gasteiger partial charge is 0.469 e. The summed E-state index contributed by atoms with van der Waals surface area (Å²) in [5.41, 5.74) is 0. The number of furan rings is 1. The quantitative estimate of drug-likeness (QED) is 0.732. The van der Waals surface area contributed by atoms with Crippen molar-refractivity contribution in [3.63, 3.8) is 0 Å². The van der Waals surface area contributed by atoms with Gasteiger partial charge >= 0.3 is 5.97 Å². The van der Waals surface area contributed by atoms with Crippen molar-refractivity contribution in [2.24, 2.45) is 0 Å². The van der Waals surface area contributed by atoms with Crippen LogP contribution in [0.15, 0.2) is 22.8 Å². The Bertz CT molecular complexity index is 386. The number of amides is 1. The maximum Gasteiger partial charge on any atom is 0.306 e. The molecule has 1 atom stereocenters. The maximum atomic E-state index is 11.6. The lowest BCUT2D eigenvalue weighted by Crippen LogP contribution is -2.33. The van der Waals surface area contributed by atoms with Crippen molar-refractivity contribution in [2.75, 3.05) is 6.61 Å². The van der Waals surface area contributed by atoms with Crippen LogP contribution in [0.25, 0.3) is 0 Å². The zero-order valence-electron chi connectivity index (χ0n) is 11.5. The molecule has 1 unspecified atom stereocenters. The monoisotopic (exact) mass is 267 g/mol. The summed E-state index contributed by atoms with van der Waals surface area (Å²) in [6, 6.07) is 3.81. The van der Waals surface area contributed by atoms with Gasteiger partial charge in [-0.1, -0.05) is 0 Å². The Hall–Kier alpha value is -1.78. The molecule has 1 rings (SSSR count). The van der Waals surface area contributed by atoms with Crippen LogP contribution in [0.2, 0.25) is 0 Å². The van der Waals surface area contributed by atoms with Crippen LogP contribution in [-0.2, 0) is 20.7 Å². The smallest absolute Gasteiger partial charge is 0.306 e. The Morgan fingerprint density at radius 2 is 2.21 bits per heavy atom. The van der Waals surface area contributed by atoms with Crippen LogP contribution in [0.3, 0.4) is 0 Å². The number of carbonyl (C=O) groups excluding carboxylic acids is 2. The van der Waals surface area contributed by atoms with Crippen molar-refractivity contribution in [1.29, 1.82) is 0 Å². The summed E-state index contributed by atoms with van der Waals surface area (Å²) in [6.07, 6.45) is 3.53. The number of esters is 1. The normalized spacial score (nSPS) is 11.9. The van der Waals surface area contributed by atoms with Crippen molar-refractivity contribution < 1.29 is 18.7 Å². The Kier molecular flexibility index (Phi) is 6.71. The van der Waals surface area contributed by atoms with Gasteiger partial charge in [0.15, 0.2) is 0 Å². The maximum absolute atomic E-state index is 11.6. The summed E-state index contributed by atoms with van der Waals surface area (Å²) < 4.78 is 9.98. The topological polar surface area (TPSA) is 68.5 Å². The number of nitrogens with one attached hydrogen (secondary N) is 1. The molecular weight excluding hydrogens is 246 g/mol. The second-order valence-corrected chi connectivity index (χ2v) is 4.39. The van der Waals surface area contributed by atoms with Gasteiger partial charge in [-0.15, -0.1) is 0 Å². The van der Waals surface area contributed by atoms with E-state index in [-0.39, 0.29) is 30.8 Å². The van der Waals surface area contributed by atoms with E-state index in [1.54, 1.807) is 13.2 Å². The molecule has 0 radical (unpaired) electrons. The lowest BCUT2D eigenvalue weighted by atomic mass is 10.1. The van der Waals surface area contributed by atoms with E-state index in [2.05, 4.69) is 5.32 Å². The molecule has 1 aromatic heterocycles. The Balaban J connectivity index is 2.15. The van der Waals surface area contributed by atoms with Gasteiger partial charge in [0.25, 0.3) is 0 Å². The van der Waals surface area contributed by atoms with Crippen molar-refractivity contribution in [2.45, 2.75) is 45.6 Å². The van der Waals surface area contributed by atoms with Gasteiger partial charge in [-0.3, -0.25) is 9.59 Å². The van der Waals surface area contributed by atoms with Crippen molar-refractivity contribution in [3.8, 4) is 0 Å². The number of ether oxygens (including phenoxy) is 1. The first-order valence-electron chi connectivity index (χ1n) is 6.59. The van der Waals surface area contributed by atoms with Gasteiger partial charge in [-0.2, -0.15) is 0 Å². The predicted molar refractivity (Wildman–Crippen MR) is 70.5 cm³/mol. The van der Waals surface area contributed by atoms with Gasteiger partial charge in [0.1, 0.15) is 5.76 Å². The van der Waals surface area contributed by atoms with Crippen molar-refractivity contribution in [1.82, 2.24) is 5.32 Å². The molecule has 0 aromatic carbocycles. The summed E-state index contributed by atoms with van der Waals surface area (Å²) in [6.45, 7) is 4.03. The van der Waals surface area contributed by atoms with Crippen LogP contribution in [0, 0.1) is 0 Å². The molecular formula is C14H21NO4. The Morgan fingerprint density at radius 3 is 2.84 bits per heavy atom. The third-order valence-electron chi connectivity index (χ3n) is 2.67. The van der Waals surface area contributed by atoms with E-state index >= 15 is 0 Å². The minimum Gasteiger partial charge on any atom is -0.469 e. The highest BCUT2D eigenvalue weighted by molar-refractivity contribution is 5.81. The molecule has 1 amide bonds. The van der Waals surface area contributed by atoms with Crippen LogP contribution in [-0.4, -0.2) is 24.5 Å². The zero-order valence-corrected chi connectivity index (χ0v) is 11.5. The van der Waals surface area contributed by atoms with Crippen LogP contribution in [0.5, 0.6) is 0 Å². The highest BCUT2D eigenvalue weighted by atomic mass is 16.5. The molecule has 106 valence electrons. The fraction of sp³-hybridized carbons (Fsp3) is 0.571. The van der Waals surface area contributed by atoms with Crippen molar-refractivity contribution in [3.05, 3.63) is 24.2 Å². The van der Waals surface area contributed by atoms with Gasteiger partial charge in [-0.25, -0.2) is 0 Å². The second kappa shape index (κ2) is 8.34. The standard InChI is InChI=1S/C14H21NO4/c1-3-18-14(17)9-8-13(16)15-11(2)6-7-12-5-4-10-19-12/h4-5,10-11H,3,6-9H2,1-2H3,(H,15,16). The molecule has 1 N–H and O–H groups in total. The van der Waals surface area contributed by atoms with E-state index in [1.165, 1.54) is 0 Å².